The van der Waals surface area contributed by atoms with E-state index in [9.17, 15) is 9.90 Å². The fourth-order valence-electron chi connectivity index (χ4n) is 1.42. The topological polar surface area (TPSA) is 70.6 Å². The second kappa shape index (κ2) is 6.86. The quantitative estimate of drug-likeness (QED) is 0.664. The summed E-state index contributed by atoms with van der Waals surface area (Å²) < 4.78 is 5.39. The number of hydrogen-bond donors (Lipinski definition) is 3. The number of likely N-dealkylation sites (N-methyl/N-ethyl adjacent to an activating group) is 1. The number of ether oxygens (including phenoxy) is 1. The van der Waals surface area contributed by atoms with Crippen LogP contribution in [0.4, 0.5) is 0 Å². The molecule has 0 atom stereocenters. The third-order valence-electron chi connectivity index (χ3n) is 2.24. The highest BCUT2D eigenvalue weighted by Crippen LogP contribution is 2.27. The summed E-state index contributed by atoms with van der Waals surface area (Å²) in [4.78, 5) is 11.7. The molecule has 0 saturated heterocycles. The lowest BCUT2D eigenvalue weighted by Crippen LogP contribution is -2.30. The average Bonchev–Trinajstić information content (AvgIpc) is 2.31. The van der Waals surface area contributed by atoms with Crippen molar-refractivity contribution in [1.82, 2.24) is 10.6 Å². The van der Waals surface area contributed by atoms with Crippen LogP contribution in [0.5, 0.6) is 11.5 Å². The fourth-order valence-corrected chi connectivity index (χ4v) is 1.42. The van der Waals surface area contributed by atoms with Gasteiger partial charge in [-0.05, 0) is 39.1 Å². The minimum atomic E-state index is -0.211. The van der Waals surface area contributed by atoms with E-state index in [1.807, 2.05) is 20.9 Å². The number of rotatable bonds is 6. The van der Waals surface area contributed by atoms with Crippen LogP contribution in [0.3, 0.4) is 0 Å². The number of carbonyl (C=O) groups is 1. The zero-order valence-electron chi connectivity index (χ0n) is 11.0. The molecule has 1 amide bonds. The average molecular weight is 252 g/mol. The molecule has 1 aromatic carbocycles. The summed E-state index contributed by atoms with van der Waals surface area (Å²) in [5.74, 6) is 0.151. The van der Waals surface area contributed by atoms with Crippen molar-refractivity contribution in [2.45, 2.75) is 20.0 Å². The Morgan fingerprint density at radius 1 is 1.39 bits per heavy atom. The predicted octanol–water partition coefficient (Wildman–Crippen LogP) is 1.13. The highest BCUT2D eigenvalue weighted by molar-refractivity contribution is 5.94. The molecule has 0 bridgehead atoms. The lowest BCUT2D eigenvalue weighted by Gasteiger charge is -2.12. The first-order chi connectivity index (χ1) is 8.54. The van der Waals surface area contributed by atoms with Gasteiger partial charge in [0, 0.05) is 18.7 Å². The number of aromatic hydroxyl groups is 1. The van der Waals surface area contributed by atoms with E-state index in [0.717, 1.165) is 0 Å². The van der Waals surface area contributed by atoms with Crippen molar-refractivity contribution in [1.29, 1.82) is 0 Å². The molecule has 5 heteroatoms. The molecule has 1 aromatic rings. The van der Waals surface area contributed by atoms with Crippen molar-refractivity contribution < 1.29 is 14.6 Å². The van der Waals surface area contributed by atoms with Crippen molar-refractivity contribution in [2.24, 2.45) is 0 Å². The van der Waals surface area contributed by atoms with Gasteiger partial charge in [-0.15, -0.1) is 0 Å². The van der Waals surface area contributed by atoms with Gasteiger partial charge in [0.05, 0.1) is 6.10 Å². The Kier molecular flexibility index (Phi) is 5.45. The Hall–Kier alpha value is -1.75. The van der Waals surface area contributed by atoms with Crippen molar-refractivity contribution >= 4 is 5.91 Å². The van der Waals surface area contributed by atoms with Crippen LogP contribution in [0.1, 0.15) is 24.2 Å². The summed E-state index contributed by atoms with van der Waals surface area (Å²) in [6.45, 7) is 4.99. The zero-order valence-corrected chi connectivity index (χ0v) is 11.0. The molecular weight excluding hydrogens is 232 g/mol. The Labute approximate surface area is 107 Å². The predicted molar refractivity (Wildman–Crippen MR) is 70.1 cm³/mol. The van der Waals surface area contributed by atoms with Crippen LogP contribution in [0.25, 0.3) is 0 Å². The zero-order chi connectivity index (χ0) is 13.5. The maximum Gasteiger partial charge on any atom is 0.251 e. The van der Waals surface area contributed by atoms with E-state index >= 15 is 0 Å². The van der Waals surface area contributed by atoms with E-state index in [1.54, 1.807) is 12.1 Å². The van der Waals surface area contributed by atoms with Crippen LogP contribution in [-0.2, 0) is 0 Å². The first kappa shape index (κ1) is 14.3. The fraction of sp³-hybridized carbons (Fsp3) is 0.462. The first-order valence-electron chi connectivity index (χ1n) is 5.97. The van der Waals surface area contributed by atoms with E-state index in [2.05, 4.69) is 10.6 Å². The molecule has 0 aromatic heterocycles. The summed E-state index contributed by atoms with van der Waals surface area (Å²) in [6.07, 6.45) is -0.0220. The highest BCUT2D eigenvalue weighted by atomic mass is 16.5. The number of carbonyl (C=O) groups excluding carboxylic acids is 1. The van der Waals surface area contributed by atoms with Gasteiger partial charge in [-0.25, -0.2) is 0 Å². The van der Waals surface area contributed by atoms with E-state index in [-0.39, 0.29) is 17.8 Å². The van der Waals surface area contributed by atoms with Gasteiger partial charge < -0.3 is 20.5 Å². The minimum Gasteiger partial charge on any atom is -0.504 e. The van der Waals surface area contributed by atoms with Gasteiger partial charge in [0.25, 0.3) is 5.91 Å². The molecule has 0 saturated carbocycles. The SMILES string of the molecule is CNCCNC(=O)c1ccc(OC(C)C)c(O)c1. The molecule has 18 heavy (non-hydrogen) atoms. The second-order valence-electron chi connectivity index (χ2n) is 4.21. The van der Waals surface area contributed by atoms with Crippen LogP contribution in [0.15, 0.2) is 18.2 Å². The Morgan fingerprint density at radius 3 is 2.67 bits per heavy atom. The summed E-state index contributed by atoms with van der Waals surface area (Å²) in [5.41, 5.74) is 0.416. The smallest absolute Gasteiger partial charge is 0.251 e. The van der Waals surface area contributed by atoms with E-state index in [1.165, 1.54) is 6.07 Å². The van der Waals surface area contributed by atoms with Gasteiger partial charge in [0.15, 0.2) is 11.5 Å². The molecule has 0 unspecified atom stereocenters. The largest absolute Gasteiger partial charge is 0.504 e. The van der Waals surface area contributed by atoms with Crippen LogP contribution in [0.2, 0.25) is 0 Å². The number of phenolic OH excluding ortho intramolecular Hbond substituents is 1. The number of nitrogens with one attached hydrogen (secondary N) is 2. The second-order valence-corrected chi connectivity index (χ2v) is 4.21. The summed E-state index contributed by atoms with van der Waals surface area (Å²) in [6, 6.07) is 4.64. The van der Waals surface area contributed by atoms with Crippen LogP contribution in [0, 0.1) is 0 Å². The molecule has 3 N–H and O–H groups in total. The van der Waals surface area contributed by atoms with Crippen molar-refractivity contribution in [3.63, 3.8) is 0 Å². The molecule has 0 aliphatic rings. The third kappa shape index (κ3) is 4.25. The molecule has 0 spiro atoms. The van der Waals surface area contributed by atoms with Crippen molar-refractivity contribution in [3.05, 3.63) is 23.8 Å². The normalized spacial score (nSPS) is 10.4. The molecule has 0 aliphatic heterocycles. The molecule has 0 aliphatic carbocycles. The van der Waals surface area contributed by atoms with Crippen LogP contribution >= 0.6 is 0 Å². The Bertz CT molecular complexity index is 405. The van der Waals surface area contributed by atoms with Crippen molar-refractivity contribution in [3.8, 4) is 11.5 Å². The molecular formula is C13H20N2O3. The van der Waals surface area contributed by atoms with E-state index in [0.29, 0.717) is 24.4 Å². The van der Waals surface area contributed by atoms with Gasteiger partial charge in [-0.2, -0.15) is 0 Å². The van der Waals surface area contributed by atoms with E-state index < -0.39 is 0 Å². The number of benzene rings is 1. The van der Waals surface area contributed by atoms with Gasteiger partial charge in [0.2, 0.25) is 0 Å². The minimum absolute atomic E-state index is 0.0220. The third-order valence-corrected chi connectivity index (χ3v) is 2.24. The van der Waals surface area contributed by atoms with Gasteiger partial charge >= 0.3 is 0 Å². The maximum absolute atomic E-state index is 11.7. The van der Waals surface area contributed by atoms with Crippen molar-refractivity contribution in [2.75, 3.05) is 20.1 Å². The lowest BCUT2D eigenvalue weighted by atomic mass is 10.2. The molecule has 0 fully saturated rings. The molecule has 1 rings (SSSR count). The number of phenols is 1. The maximum atomic E-state index is 11.7. The summed E-state index contributed by atoms with van der Waals surface area (Å²) in [7, 11) is 1.82. The molecule has 5 nitrogen and oxygen atoms in total. The van der Waals surface area contributed by atoms with Gasteiger partial charge in [0.1, 0.15) is 0 Å². The molecule has 0 radical (unpaired) electrons. The lowest BCUT2D eigenvalue weighted by molar-refractivity contribution is 0.0953. The first-order valence-corrected chi connectivity index (χ1v) is 5.97. The summed E-state index contributed by atoms with van der Waals surface area (Å²) >= 11 is 0. The summed E-state index contributed by atoms with van der Waals surface area (Å²) in [5, 5.41) is 15.4. The monoisotopic (exact) mass is 252 g/mol. The Balaban J connectivity index is 2.68. The van der Waals surface area contributed by atoms with Crippen LogP contribution in [-0.4, -0.2) is 37.3 Å². The number of hydrogen-bond acceptors (Lipinski definition) is 4. The van der Waals surface area contributed by atoms with Gasteiger partial charge in [-0.3, -0.25) is 4.79 Å². The van der Waals surface area contributed by atoms with Gasteiger partial charge in [-0.1, -0.05) is 0 Å². The standard InChI is InChI=1S/C13H20N2O3/c1-9(2)18-12-5-4-10(8-11(12)16)13(17)15-7-6-14-3/h4-5,8-9,14,16H,6-7H2,1-3H3,(H,15,17). The van der Waals surface area contributed by atoms with Crippen LogP contribution < -0.4 is 15.4 Å². The molecule has 0 heterocycles. The van der Waals surface area contributed by atoms with E-state index in [4.69, 9.17) is 4.74 Å². The number of amides is 1. The Morgan fingerprint density at radius 2 is 2.11 bits per heavy atom. The molecule has 100 valence electrons. The highest BCUT2D eigenvalue weighted by Gasteiger charge is 2.10.